The van der Waals surface area contributed by atoms with Crippen molar-refractivity contribution in [3.63, 3.8) is 0 Å². The van der Waals surface area contributed by atoms with Crippen LogP contribution in [-0.2, 0) is 17.9 Å². The minimum atomic E-state index is 0.474. The van der Waals surface area contributed by atoms with E-state index in [0.29, 0.717) is 19.1 Å². The first kappa shape index (κ1) is 13.9. The number of hydrogen-bond acceptors (Lipinski definition) is 4. The molecule has 0 saturated heterocycles. The fourth-order valence-corrected chi connectivity index (χ4v) is 1.32. The first-order valence-electron chi connectivity index (χ1n) is 6.06. The molecule has 1 heterocycles. The highest BCUT2D eigenvalue weighted by atomic mass is 16.5. The molecule has 4 nitrogen and oxygen atoms in total. The lowest BCUT2D eigenvalue weighted by atomic mass is 10.2. The molecule has 0 fully saturated rings. The summed E-state index contributed by atoms with van der Waals surface area (Å²) in [5.74, 6) is 1.42. The molecular formula is C13H22N2O2. The number of hydrogen-bond donors (Lipinski definition) is 1. The highest BCUT2D eigenvalue weighted by Gasteiger charge is 2.03. The third-order valence-corrected chi connectivity index (χ3v) is 2.16. The zero-order valence-corrected chi connectivity index (χ0v) is 10.9. The SMILES string of the molecule is CC=CCOCc1cc(CNCC(C)C)no1. The van der Waals surface area contributed by atoms with Crippen LogP contribution < -0.4 is 5.32 Å². The van der Waals surface area contributed by atoms with Crippen LogP contribution in [0.25, 0.3) is 0 Å². The quantitative estimate of drug-likeness (QED) is 0.558. The number of nitrogens with zero attached hydrogens (tertiary/aromatic N) is 1. The molecule has 0 aliphatic heterocycles. The van der Waals surface area contributed by atoms with Crippen LogP contribution in [-0.4, -0.2) is 18.3 Å². The molecule has 96 valence electrons. The van der Waals surface area contributed by atoms with Crippen molar-refractivity contribution in [3.05, 3.63) is 29.7 Å². The topological polar surface area (TPSA) is 47.3 Å². The van der Waals surface area contributed by atoms with Gasteiger partial charge < -0.3 is 14.6 Å². The molecule has 0 radical (unpaired) electrons. The van der Waals surface area contributed by atoms with E-state index < -0.39 is 0 Å². The van der Waals surface area contributed by atoms with Crippen molar-refractivity contribution in [2.45, 2.75) is 33.9 Å². The van der Waals surface area contributed by atoms with Crippen molar-refractivity contribution in [2.75, 3.05) is 13.2 Å². The van der Waals surface area contributed by atoms with Crippen LogP contribution in [0.2, 0.25) is 0 Å². The Morgan fingerprint density at radius 3 is 3.06 bits per heavy atom. The van der Waals surface area contributed by atoms with Gasteiger partial charge in [0.15, 0.2) is 5.76 Å². The highest BCUT2D eigenvalue weighted by molar-refractivity contribution is 5.04. The van der Waals surface area contributed by atoms with Gasteiger partial charge in [0.05, 0.1) is 12.3 Å². The molecule has 1 rings (SSSR count). The average molecular weight is 238 g/mol. The van der Waals surface area contributed by atoms with E-state index in [1.807, 2.05) is 25.1 Å². The van der Waals surface area contributed by atoms with Gasteiger partial charge in [0.1, 0.15) is 6.61 Å². The van der Waals surface area contributed by atoms with Crippen molar-refractivity contribution in [1.82, 2.24) is 10.5 Å². The Labute approximate surface area is 103 Å². The fraction of sp³-hybridized carbons (Fsp3) is 0.615. The summed E-state index contributed by atoms with van der Waals surface area (Å²) in [6.45, 7) is 9.14. The molecule has 1 N–H and O–H groups in total. The van der Waals surface area contributed by atoms with Crippen LogP contribution in [0.3, 0.4) is 0 Å². The number of allylic oxidation sites excluding steroid dienone is 1. The van der Waals surface area contributed by atoms with Gasteiger partial charge in [0, 0.05) is 12.6 Å². The van der Waals surface area contributed by atoms with E-state index >= 15 is 0 Å². The molecule has 0 amide bonds. The lowest BCUT2D eigenvalue weighted by Crippen LogP contribution is -2.19. The summed E-state index contributed by atoms with van der Waals surface area (Å²) in [5, 5.41) is 7.29. The van der Waals surface area contributed by atoms with Gasteiger partial charge in [-0.1, -0.05) is 31.2 Å². The van der Waals surface area contributed by atoms with E-state index in [-0.39, 0.29) is 0 Å². The van der Waals surface area contributed by atoms with E-state index in [4.69, 9.17) is 9.26 Å². The maximum Gasteiger partial charge on any atom is 0.162 e. The van der Waals surface area contributed by atoms with Crippen LogP contribution in [0.15, 0.2) is 22.7 Å². The lowest BCUT2D eigenvalue weighted by molar-refractivity contribution is 0.125. The van der Waals surface area contributed by atoms with Gasteiger partial charge >= 0.3 is 0 Å². The van der Waals surface area contributed by atoms with Gasteiger partial charge in [-0.25, -0.2) is 0 Å². The van der Waals surface area contributed by atoms with E-state index in [0.717, 1.165) is 24.5 Å². The Balaban J connectivity index is 2.22. The fourth-order valence-electron chi connectivity index (χ4n) is 1.32. The molecule has 17 heavy (non-hydrogen) atoms. The van der Waals surface area contributed by atoms with Crippen LogP contribution in [0.1, 0.15) is 32.2 Å². The number of rotatable bonds is 8. The Morgan fingerprint density at radius 1 is 1.53 bits per heavy atom. The number of nitrogens with one attached hydrogen (secondary N) is 1. The summed E-state index contributed by atoms with van der Waals surface area (Å²) >= 11 is 0. The second kappa shape index (κ2) is 8.03. The minimum Gasteiger partial charge on any atom is -0.369 e. The van der Waals surface area contributed by atoms with Gasteiger partial charge in [-0.2, -0.15) is 0 Å². The Morgan fingerprint density at radius 2 is 2.35 bits per heavy atom. The highest BCUT2D eigenvalue weighted by Crippen LogP contribution is 2.05. The molecule has 0 bridgehead atoms. The molecule has 0 aliphatic rings. The Kier molecular flexibility index (Phi) is 6.58. The molecule has 0 aliphatic carbocycles. The van der Waals surface area contributed by atoms with Gasteiger partial charge in [0.25, 0.3) is 0 Å². The zero-order valence-electron chi connectivity index (χ0n) is 10.9. The van der Waals surface area contributed by atoms with E-state index in [9.17, 15) is 0 Å². The molecule has 0 spiro atoms. The number of aromatic nitrogens is 1. The van der Waals surface area contributed by atoms with Crippen molar-refractivity contribution in [2.24, 2.45) is 5.92 Å². The largest absolute Gasteiger partial charge is 0.369 e. The summed E-state index contributed by atoms with van der Waals surface area (Å²) in [5.41, 5.74) is 0.926. The molecule has 4 heteroatoms. The van der Waals surface area contributed by atoms with Crippen LogP contribution in [0, 0.1) is 5.92 Å². The first-order valence-corrected chi connectivity index (χ1v) is 6.06. The molecule has 0 aromatic carbocycles. The van der Waals surface area contributed by atoms with Gasteiger partial charge in [-0.15, -0.1) is 0 Å². The summed E-state index contributed by atoms with van der Waals surface area (Å²) in [4.78, 5) is 0. The molecule has 1 aromatic rings. The zero-order chi connectivity index (χ0) is 12.5. The smallest absolute Gasteiger partial charge is 0.162 e. The average Bonchev–Trinajstić information content (AvgIpc) is 2.72. The third kappa shape index (κ3) is 6.24. The summed E-state index contributed by atoms with van der Waals surface area (Å²) < 4.78 is 10.5. The molecule has 1 aromatic heterocycles. The predicted octanol–water partition coefficient (Wildman–Crippen LogP) is 2.51. The number of ether oxygens (including phenoxy) is 1. The van der Waals surface area contributed by atoms with Crippen LogP contribution in [0.5, 0.6) is 0 Å². The van der Waals surface area contributed by atoms with E-state index in [1.54, 1.807) is 0 Å². The van der Waals surface area contributed by atoms with Gasteiger partial charge in [-0.05, 0) is 19.4 Å². The van der Waals surface area contributed by atoms with Crippen molar-refractivity contribution in [1.29, 1.82) is 0 Å². The predicted molar refractivity (Wildman–Crippen MR) is 67.5 cm³/mol. The molecule has 0 unspecified atom stereocenters. The van der Waals surface area contributed by atoms with E-state index in [1.165, 1.54) is 0 Å². The standard InChI is InChI=1S/C13H22N2O2/c1-4-5-6-16-10-13-7-12(15-17-13)9-14-8-11(2)3/h4-5,7,11,14H,6,8-10H2,1-3H3. The maximum atomic E-state index is 5.38. The third-order valence-electron chi connectivity index (χ3n) is 2.16. The maximum absolute atomic E-state index is 5.38. The summed E-state index contributed by atoms with van der Waals surface area (Å²) in [7, 11) is 0. The van der Waals surface area contributed by atoms with Crippen molar-refractivity contribution in [3.8, 4) is 0 Å². The Bertz CT molecular complexity index is 332. The second-order valence-electron chi connectivity index (χ2n) is 4.39. The van der Waals surface area contributed by atoms with E-state index in [2.05, 4.69) is 24.3 Å². The van der Waals surface area contributed by atoms with Crippen molar-refractivity contribution < 1.29 is 9.26 Å². The molecular weight excluding hydrogens is 216 g/mol. The van der Waals surface area contributed by atoms with Crippen molar-refractivity contribution >= 4 is 0 Å². The summed E-state index contributed by atoms with van der Waals surface area (Å²) in [6, 6.07) is 1.93. The normalized spacial score (nSPS) is 11.8. The minimum absolute atomic E-state index is 0.474. The van der Waals surface area contributed by atoms with Crippen LogP contribution >= 0.6 is 0 Å². The first-order chi connectivity index (χ1) is 8.22. The molecule has 0 atom stereocenters. The van der Waals surface area contributed by atoms with Crippen LogP contribution in [0.4, 0.5) is 0 Å². The molecule has 0 saturated carbocycles. The monoisotopic (exact) mass is 238 g/mol. The lowest BCUT2D eigenvalue weighted by Gasteiger charge is -2.04. The Hall–Kier alpha value is -1.13. The summed E-state index contributed by atoms with van der Waals surface area (Å²) in [6.07, 6.45) is 3.92. The van der Waals surface area contributed by atoms with Gasteiger partial charge in [-0.3, -0.25) is 0 Å². The second-order valence-corrected chi connectivity index (χ2v) is 4.39. The van der Waals surface area contributed by atoms with Gasteiger partial charge in [0.2, 0.25) is 0 Å².